The van der Waals surface area contributed by atoms with Gasteiger partial charge in [0.1, 0.15) is 11.6 Å². The molecule has 1 saturated carbocycles. The summed E-state index contributed by atoms with van der Waals surface area (Å²) in [4.78, 5) is 20.1. The molecule has 3 atom stereocenters. The number of nitrogens with zero attached hydrogens (tertiary/aromatic N) is 3. The number of rotatable bonds is 8. The molecule has 4 aromatic rings. The Morgan fingerprint density at radius 1 is 1.15 bits per heavy atom. The van der Waals surface area contributed by atoms with E-state index in [0.29, 0.717) is 17.1 Å². The monoisotopic (exact) mass is 592 g/mol. The molecule has 2 aliphatic rings. The number of fused-ring (bicyclic) bond motifs is 1. The molecule has 1 aromatic heterocycles. The van der Waals surface area contributed by atoms with Crippen LogP contribution in [0.3, 0.4) is 0 Å². The molecule has 1 fully saturated rings. The zero-order valence-corrected chi connectivity index (χ0v) is 24.1. The maximum absolute atomic E-state index is 14.0. The number of anilines is 1. The van der Waals surface area contributed by atoms with Crippen LogP contribution in [0.2, 0.25) is 5.02 Å². The van der Waals surface area contributed by atoms with E-state index in [1.165, 1.54) is 18.2 Å². The fourth-order valence-electron chi connectivity index (χ4n) is 5.70. The number of hydrogen-bond acceptors (Lipinski definition) is 4. The zero-order valence-electron chi connectivity index (χ0n) is 22.5. The number of carbonyl (C=O) groups is 1. The molecule has 10 heteroatoms. The number of nitrogens with one attached hydrogen (secondary N) is 1. The first kappa shape index (κ1) is 27.6. The Labute approximate surface area is 244 Å². The van der Waals surface area contributed by atoms with E-state index in [0.717, 1.165) is 47.8 Å². The van der Waals surface area contributed by atoms with E-state index in [4.69, 9.17) is 11.6 Å². The summed E-state index contributed by atoms with van der Waals surface area (Å²) in [5, 5.41) is 0.658. The van der Waals surface area contributed by atoms with Crippen molar-refractivity contribution in [3.63, 3.8) is 0 Å². The summed E-state index contributed by atoms with van der Waals surface area (Å²) in [7, 11) is -2.07. The first-order chi connectivity index (χ1) is 19.7. The summed E-state index contributed by atoms with van der Waals surface area (Å²) >= 11 is 6.07. The van der Waals surface area contributed by atoms with Crippen LogP contribution in [0.15, 0.2) is 84.0 Å². The Kier molecular flexibility index (Phi) is 7.44. The van der Waals surface area contributed by atoms with Crippen LogP contribution < -0.4 is 9.62 Å². The maximum atomic E-state index is 14.0. The molecule has 1 N–H and O–H groups in total. The number of amides is 1. The number of carbonyl (C=O) groups excluding carboxylic acids is 1. The average molecular weight is 593 g/mol. The van der Waals surface area contributed by atoms with E-state index in [1.54, 1.807) is 11.1 Å². The Morgan fingerprint density at radius 3 is 2.68 bits per heavy atom. The van der Waals surface area contributed by atoms with Crippen molar-refractivity contribution in [1.82, 2.24) is 14.3 Å². The maximum Gasteiger partial charge on any atom is 0.241 e. The summed E-state index contributed by atoms with van der Waals surface area (Å²) < 4.78 is 44.8. The van der Waals surface area contributed by atoms with Gasteiger partial charge in [0.2, 0.25) is 15.9 Å². The van der Waals surface area contributed by atoms with Gasteiger partial charge in [0.25, 0.3) is 0 Å². The minimum absolute atomic E-state index is 0.000556. The number of hydrogen-bond donors (Lipinski definition) is 1. The van der Waals surface area contributed by atoms with Crippen LogP contribution >= 0.6 is 11.6 Å². The zero-order chi connectivity index (χ0) is 28.7. The first-order valence-corrected chi connectivity index (χ1v) is 15.5. The van der Waals surface area contributed by atoms with Gasteiger partial charge in [0.15, 0.2) is 0 Å². The summed E-state index contributed by atoms with van der Waals surface area (Å²) in [6.07, 6.45) is 6.51. The van der Waals surface area contributed by atoms with Crippen molar-refractivity contribution in [3.05, 3.63) is 112 Å². The fraction of sp³-hybridized carbons (Fsp3) is 0.290. The lowest BCUT2D eigenvalue weighted by molar-refractivity contribution is -0.120. The normalized spacial score (nSPS) is 19.9. The number of halogens is 2. The van der Waals surface area contributed by atoms with E-state index in [1.807, 2.05) is 60.3 Å². The SMILES string of the molecule is Cn1ccnc1CN(C(=O)C1CC1c1ccc(Cl)cc1)c1ccc2c(c1)C(NS(=O)(=O)c1cccc(F)c1)CCC2. The Morgan fingerprint density at radius 2 is 1.95 bits per heavy atom. The lowest BCUT2D eigenvalue weighted by Crippen LogP contribution is -2.34. The smallest absolute Gasteiger partial charge is 0.241 e. The number of aromatic nitrogens is 2. The third-order valence-corrected chi connectivity index (χ3v) is 9.77. The van der Waals surface area contributed by atoms with Crippen LogP contribution in [0, 0.1) is 11.7 Å². The molecule has 3 unspecified atom stereocenters. The van der Waals surface area contributed by atoms with Crippen molar-refractivity contribution in [2.24, 2.45) is 13.0 Å². The van der Waals surface area contributed by atoms with Crippen molar-refractivity contribution >= 4 is 33.2 Å². The largest absolute Gasteiger partial charge is 0.337 e. The van der Waals surface area contributed by atoms with Gasteiger partial charge in [-0.05, 0) is 90.8 Å². The molecule has 41 heavy (non-hydrogen) atoms. The van der Waals surface area contributed by atoms with Gasteiger partial charge in [-0.25, -0.2) is 22.5 Å². The number of benzene rings is 3. The predicted octanol–water partition coefficient (Wildman–Crippen LogP) is 5.91. The molecular formula is C31H30ClFN4O3S. The minimum Gasteiger partial charge on any atom is -0.337 e. The van der Waals surface area contributed by atoms with Gasteiger partial charge >= 0.3 is 0 Å². The molecule has 7 nitrogen and oxygen atoms in total. The highest BCUT2D eigenvalue weighted by Gasteiger charge is 2.46. The molecule has 0 bridgehead atoms. The van der Waals surface area contributed by atoms with Gasteiger partial charge in [0, 0.05) is 42.1 Å². The molecule has 2 aliphatic carbocycles. The molecule has 0 aliphatic heterocycles. The van der Waals surface area contributed by atoms with Crippen LogP contribution in [0.1, 0.15) is 53.7 Å². The lowest BCUT2D eigenvalue weighted by Gasteiger charge is -2.29. The van der Waals surface area contributed by atoms with Crippen LogP contribution in [0.25, 0.3) is 0 Å². The second-order valence-electron chi connectivity index (χ2n) is 10.8. The van der Waals surface area contributed by atoms with Crippen molar-refractivity contribution in [2.45, 2.75) is 49.1 Å². The fourth-order valence-corrected chi connectivity index (χ4v) is 7.11. The molecule has 0 spiro atoms. The van der Waals surface area contributed by atoms with Gasteiger partial charge in [-0.15, -0.1) is 0 Å². The van der Waals surface area contributed by atoms with Crippen molar-refractivity contribution in [1.29, 1.82) is 0 Å². The Balaban J connectivity index is 1.31. The second-order valence-corrected chi connectivity index (χ2v) is 12.9. The average Bonchev–Trinajstić information content (AvgIpc) is 3.66. The molecule has 3 aromatic carbocycles. The van der Waals surface area contributed by atoms with E-state index in [-0.39, 0.29) is 29.2 Å². The first-order valence-electron chi connectivity index (χ1n) is 13.6. The predicted molar refractivity (Wildman–Crippen MR) is 156 cm³/mol. The molecule has 0 saturated heterocycles. The topological polar surface area (TPSA) is 84.3 Å². The highest BCUT2D eigenvalue weighted by Crippen LogP contribution is 2.49. The van der Waals surface area contributed by atoms with E-state index in [2.05, 4.69) is 9.71 Å². The second kappa shape index (κ2) is 11.0. The summed E-state index contributed by atoms with van der Waals surface area (Å²) in [6, 6.07) is 18.0. The standard InChI is InChI=1S/C31H30ClFN4O3S/c1-36-15-14-34-30(36)19-37(31(38)28-18-26(28)21-8-11-22(32)12-9-21)24-13-10-20-4-2-7-29(27(20)17-24)35-41(39,40)25-6-3-5-23(33)16-25/h3,5-6,8-17,26,28-29,35H,2,4,7,18-19H2,1H3. The quantitative estimate of drug-likeness (QED) is 0.276. The van der Waals surface area contributed by atoms with Gasteiger partial charge in [0.05, 0.1) is 11.4 Å². The highest BCUT2D eigenvalue weighted by atomic mass is 35.5. The van der Waals surface area contributed by atoms with Gasteiger partial charge in [-0.1, -0.05) is 35.9 Å². The molecule has 6 rings (SSSR count). The van der Waals surface area contributed by atoms with E-state index in [9.17, 15) is 17.6 Å². The minimum atomic E-state index is -3.96. The van der Waals surface area contributed by atoms with E-state index < -0.39 is 21.9 Å². The van der Waals surface area contributed by atoms with E-state index >= 15 is 0 Å². The van der Waals surface area contributed by atoms with Gasteiger partial charge < -0.3 is 9.47 Å². The molecule has 0 radical (unpaired) electrons. The molecule has 1 amide bonds. The van der Waals surface area contributed by atoms with Gasteiger partial charge in [-0.3, -0.25) is 4.79 Å². The van der Waals surface area contributed by atoms with Crippen molar-refractivity contribution in [3.8, 4) is 0 Å². The Hall–Kier alpha value is -3.53. The van der Waals surface area contributed by atoms with Gasteiger partial charge in [-0.2, -0.15) is 0 Å². The lowest BCUT2D eigenvalue weighted by atomic mass is 9.87. The molecular weight excluding hydrogens is 563 g/mol. The number of imidazole rings is 1. The molecule has 1 heterocycles. The number of sulfonamides is 1. The van der Waals surface area contributed by atoms with Crippen LogP contribution in [0.5, 0.6) is 0 Å². The van der Waals surface area contributed by atoms with Crippen molar-refractivity contribution < 1.29 is 17.6 Å². The molecule has 212 valence electrons. The van der Waals surface area contributed by atoms with Crippen molar-refractivity contribution in [2.75, 3.05) is 4.90 Å². The third-order valence-electron chi connectivity index (χ3n) is 8.05. The summed E-state index contributed by atoms with van der Waals surface area (Å²) in [6.45, 7) is 0.282. The summed E-state index contributed by atoms with van der Waals surface area (Å²) in [5.74, 6) is 0.0743. The number of aryl methyl sites for hydroxylation is 2. The Bertz CT molecular complexity index is 1710. The third kappa shape index (κ3) is 5.80. The highest BCUT2D eigenvalue weighted by molar-refractivity contribution is 7.89. The van der Waals surface area contributed by atoms with Crippen LogP contribution in [-0.4, -0.2) is 23.9 Å². The summed E-state index contributed by atoms with van der Waals surface area (Å²) in [5.41, 5.74) is 3.63. The van der Waals surface area contributed by atoms with Crippen LogP contribution in [-0.2, 0) is 34.8 Å². The van der Waals surface area contributed by atoms with Crippen LogP contribution in [0.4, 0.5) is 10.1 Å².